The van der Waals surface area contributed by atoms with Gasteiger partial charge in [0.2, 0.25) is 0 Å². The topological polar surface area (TPSA) is 132 Å². The Kier molecular flexibility index (Phi) is 10.0. The van der Waals surface area contributed by atoms with Crippen molar-refractivity contribution in [2.24, 2.45) is 0 Å². The maximum absolute atomic E-state index is 12.5. The molecule has 0 amide bonds. The van der Waals surface area contributed by atoms with E-state index in [2.05, 4.69) is 26.3 Å². The molecule has 0 aliphatic rings. The highest BCUT2D eigenvalue weighted by atomic mass is 16.6. The van der Waals surface area contributed by atoms with Crippen molar-refractivity contribution in [2.45, 2.75) is 0 Å². The number of rotatable bonds is 11. The lowest BCUT2D eigenvalue weighted by Gasteiger charge is -2.10. The Hall–Kier alpha value is -5.51. The lowest BCUT2D eigenvalue weighted by Crippen LogP contribution is -2.10. The molecule has 2 aromatic rings. The summed E-state index contributed by atoms with van der Waals surface area (Å²) in [7, 11) is 0. The van der Waals surface area contributed by atoms with E-state index in [4.69, 9.17) is 23.7 Å². The van der Waals surface area contributed by atoms with Crippen LogP contribution in [0.5, 0.6) is 28.7 Å². The Balaban J connectivity index is 2.30. The fourth-order valence-electron chi connectivity index (χ4n) is 2.45. The predicted octanol–water partition coefficient (Wildman–Crippen LogP) is 3.67. The summed E-state index contributed by atoms with van der Waals surface area (Å²) in [5.74, 6) is -4.40. The van der Waals surface area contributed by atoms with Gasteiger partial charge in [-0.1, -0.05) is 26.3 Å². The molecule has 0 atom stereocenters. The van der Waals surface area contributed by atoms with Gasteiger partial charge in [-0.25, -0.2) is 24.0 Å². The van der Waals surface area contributed by atoms with Crippen molar-refractivity contribution in [2.75, 3.05) is 0 Å². The summed E-state index contributed by atoms with van der Waals surface area (Å²) in [6.45, 7) is 13.2. The quantitative estimate of drug-likeness (QED) is 0.254. The molecule has 0 aliphatic carbocycles. The lowest BCUT2D eigenvalue weighted by molar-refractivity contribution is -0.131. The van der Waals surface area contributed by atoms with E-state index < -0.39 is 29.8 Å². The summed E-state index contributed by atoms with van der Waals surface area (Å²) >= 11 is 0. The monoisotopic (exact) mass is 504 g/mol. The highest BCUT2D eigenvalue weighted by Crippen LogP contribution is 2.32. The molecule has 10 nitrogen and oxygen atoms in total. The first-order valence-electron chi connectivity index (χ1n) is 10.2. The minimum absolute atomic E-state index is 0.000379. The van der Waals surface area contributed by atoms with Gasteiger partial charge in [0.05, 0.1) is 0 Å². The third-order valence-corrected chi connectivity index (χ3v) is 3.97. The average Bonchev–Trinajstić information content (AvgIpc) is 2.88. The number of ether oxygens (including phenoxy) is 5. The largest absolute Gasteiger partial charge is 0.423 e. The number of hydrogen-bond acceptors (Lipinski definition) is 10. The highest BCUT2D eigenvalue weighted by molar-refractivity contribution is 5.90. The van der Waals surface area contributed by atoms with Gasteiger partial charge in [0, 0.05) is 42.5 Å². The molecule has 0 radical (unpaired) electrons. The third kappa shape index (κ3) is 8.98. The molecule has 0 unspecified atom stereocenters. The molecular weight excluding hydrogens is 484 g/mol. The summed E-state index contributed by atoms with van der Waals surface area (Å²) in [4.78, 5) is 58.7. The third-order valence-electron chi connectivity index (χ3n) is 3.97. The van der Waals surface area contributed by atoms with Gasteiger partial charge >= 0.3 is 29.8 Å². The zero-order valence-corrected chi connectivity index (χ0v) is 19.3. The maximum atomic E-state index is 12.5. The Bertz CT molecular complexity index is 1280. The van der Waals surface area contributed by atoms with Crippen LogP contribution in [0.4, 0.5) is 0 Å². The van der Waals surface area contributed by atoms with Crippen LogP contribution in [-0.2, 0) is 24.0 Å². The van der Waals surface area contributed by atoms with Crippen LogP contribution < -0.4 is 23.7 Å². The molecule has 0 saturated heterocycles. The fraction of sp³-hybridized carbons (Fsp3) is 0. The Morgan fingerprint density at radius 3 is 1.49 bits per heavy atom. The van der Waals surface area contributed by atoms with E-state index in [1.54, 1.807) is 0 Å². The van der Waals surface area contributed by atoms with Crippen LogP contribution in [0.25, 0.3) is 6.08 Å². The summed E-state index contributed by atoms with van der Waals surface area (Å²) in [6, 6.07) is 7.75. The van der Waals surface area contributed by atoms with Crippen molar-refractivity contribution in [1.29, 1.82) is 0 Å². The van der Waals surface area contributed by atoms with E-state index >= 15 is 0 Å². The Labute approximate surface area is 211 Å². The normalized spacial score (nSPS) is 9.95. The second-order valence-corrected chi connectivity index (χ2v) is 6.60. The molecular formula is C27H20O10. The van der Waals surface area contributed by atoms with Gasteiger partial charge in [-0.3, -0.25) is 0 Å². The van der Waals surface area contributed by atoms with Crippen LogP contribution in [0.3, 0.4) is 0 Å². The van der Waals surface area contributed by atoms with Crippen molar-refractivity contribution in [1.82, 2.24) is 0 Å². The Morgan fingerprint density at radius 1 is 0.514 bits per heavy atom. The van der Waals surface area contributed by atoms with Crippen LogP contribution in [0.2, 0.25) is 0 Å². The van der Waals surface area contributed by atoms with E-state index in [9.17, 15) is 24.0 Å². The summed E-state index contributed by atoms with van der Waals surface area (Å²) in [6.07, 6.45) is 6.00. The molecule has 0 heterocycles. The van der Waals surface area contributed by atoms with Crippen LogP contribution in [0.15, 0.2) is 93.1 Å². The van der Waals surface area contributed by atoms with Gasteiger partial charge in [-0.05, 0) is 35.9 Å². The maximum Gasteiger partial charge on any atom is 0.336 e. The molecule has 188 valence electrons. The molecule has 0 spiro atoms. The summed E-state index contributed by atoms with van der Waals surface area (Å²) in [5, 5.41) is 0. The number of hydrogen-bond donors (Lipinski definition) is 0. The molecule has 0 saturated carbocycles. The fourth-order valence-corrected chi connectivity index (χ4v) is 2.45. The molecule has 2 aromatic carbocycles. The molecule has 10 heteroatoms. The Morgan fingerprint density at radius 2 is 0.973 bits per heavy atom. The molecule has 37 heavy (non-hydrogen) atoms. The van der Waals surface area contributed by atoms with Crippen LogP contribution in [0, 0.1) is 0 Å². The number of carbonyl (C=O) groups is 5. The van der Waals surface area contributed by atoms with Crippen molar-refractivity contribution >= 4 is 35.9 Å². The first kappa shape index (κ1) is 27.7. The highest BCUT2D eigenvalue weighted by Gasteiger charge is 2.15. The van der Waals surface area contributed by atoms with Gasteiger partial charge in [-0.2, -0.15) is 0 Å². The minimum Gasteiger partial charge on any atom is -0.423 e. The van der Waals surface area contributed by atoms with Crippen molar-refractivity contribution in [3.8, 4) is 28.7 Å². The smallest absolute Gasteiger partial charge is 0.336 e. The van der Waals surface area contributed by atoms with Crippen LogP contribution >= 0.6 is 0 Å². The minimum atomic E-state index is -0.898. The van der Waals surface area contributed by atoms with Gasteiger partial charge in [0.25, 0.3) is 0 Å². The van der Waals surface area contributed by atoms with Gasteiger partial charge in [0.15, 0.2) is 11.5 Å². The first-order chi connectivity index (χ1) is 17.7. The number of carbonyl (C=O) groups excluding carboxylic acids is 5. The van der Waals surface area contributed by atoms with Crippen molar-refractivity contribution in [3.63, 3.8) is 0 Å². The van der Waals surface area contributed by atoms with Gasteiger partial charge in [-0.15, -0.1) is 0 Å². The van der Waals surface area contributed by atoms with E-state index in [-0.39, 0.29) is 28.7 Å². The second kappa shape index (κ2) is 13.4. The molecule has 0 N–H and O–H groups in total. The van der Waals surface area contributed by atoms with Gasteiger partial charge < -0.3 is 23.7 Å². The summed E-state index contributed by atoms with van der Waals surface area (Å²) < 4.78 is 25.3. The molecule has 0 fully saturated rings. The van der Waals surface area contributed by atoms with E-state index in [0.717, 1.165) is 36.4 Å². The number of benzene rings is 2. The zero-order chi connectivity index (χ0) is 27.4. The van der Waals surface area contributed by atoms with Gasteiger partial charge in [0.1, 0.15) is 17.2 Å². The van der Waals surface area contributed by atoms with E-state index in [0.29, 0.717) is 5.56 Å². The standard InChI is InChI=1S/C27H20O10/c1-5-23(28)33-18-10-11-21(22(16-18)37-26(31)8-4)36-27(32)12-9-17-13-19(34-24(29)6-2)15-20(14-17)35-25(30)7-3/h5-16H,1-4H2/b12-9+. The van der Waals surface area contributed by atoms with Crippen LogP contribution in [0.1, 0.15) is 5.56 Å². The molecule has 0 aliphatic heterocycles. The average molecular weight is 504 g/mol. The van der Waals surface area contributed by atoms with E-state index in [1.807, 2.05) is 0 Å². The lowest BCUT2D eigenvalue weighted by atomic mass is 10.2. The molecule has 2 rings (SSSR count). The SMILES string of the molecule is C=CC(=O)Oc1cc(/C=C/C(=O)Oc2ccc(OC(=O)C=C)cc2OC(=O)C=C)cc(OC(=O)C=C)c1. The molecule has 0 bridgehead atoms. The molecule has 0 aromatic heterocycles. The van der Waals surface area contributed by atoms with Crippen LogP contribution in [-0.4, -0.2) is 29.8 Å². The first-order valence-corrected chi connectivity index (χ1v) is 10.2. The van der Waals surface area contributed by atoms with Crippen molar-refractivity contribution in [3.05, 3.63) is 98.7 Å². The zero-order valence-electron chi connectivity index (χ0n) is 19.3. The second-order valence-electron chi connectivity index (χ2n) is 6.60. The number of esters is 5. The predicted molar refractivity (Wildman–Crippen MR) is 131 cm³/mol. The van der Waals surface area contributed by atoms with Crippen molar-refractivity contribution < 1.29 is 47.7 Å². The van der Waals surface area contributed by atoms with E-state index in [1.165, 1.54) is 36.4 Å². The summed E-state index contributed by atoms with van der Waals surface area (Å²) in [5.41, 5.74) is 0.295.